The molecular weight excluding hydrogens is 264 g/mol. The number of piperazine rings is 1. The molecule has 1 aromatic rings. The highest BCUT2D eigenvalue weighted by atomic mass is 16.2. The summed E-state index contributed by atoms with van der Waals surface area (Å²) in [5.74, 6) is 0.0500. The molecule has 1 unspecified atom stereocenters. The quantitative estimate of drug-likeness (QED) is 0.902. The number of nitrogens with one attached hydrogen (secondary N) is 1. The summed E-state index contributed by atoms with van der Waals surface area (Å²) in [5.41, 5.74) is 2.04. The van der Waals surface area contributed by atoms with Gasteiger partial charge in [-0.2, -0.15) is 5.26 Å². The summed E-state index contributed by atoms with van der Waals surface area (Å²) < 4.78 is 0. The van der Waals surface area contributed by atoms with Gasteiger partial charge in [-0.25, -0.2) is 0 Å². The number of hydrogen-bond donors (Lipinski definition) is 1. The van der Waals surface area contributed by atoms with E-state index in [1.165, 1.54) is 0 Å². The van der Waals surface area contributed by atoms with Gasteiger partial charge in [0.05, 0.1) is 12.6 Å². The Labute approximate surface area is 126 Å². The van der Waals surface area contributed by atoms with Crippen molar-refractivity contribution in [1.82, 2.24) is 10.2 Å². The topological polar surface area (TPSA) is 59.4 Å². The van der Waals surface area contributed by atoms with E-state index in [0.29, 0.717) is 19.6 Å². The van der Waals surface area contributed by atoms with Gasteiger partial charge in [0.1, 0.15) is 6.04 Å². The first-order valence-electron chi connectivity index (χ1n) is 7.37. The van der Waals surface area contributed by atoms with Crippen LogP contribution in [0.4, 0.5) is 5.69 Å². The molecule has 5 nitrogen and oxygen atoms in total. The molecule has 112 valence electrons. The normalized spacial score (nSPS) is 19.0. The highest BCUT2D eigenvalue weighted by Crippen LogP contribution is 2.19. The number of carbonyl (C=O) groups excluding carboxylic acids is 1. The molecule has 1 amide bonds. The second-order valence-electron chi connectivity index (χ2n) is 5.24. The van der Waals surface area contributed by atoms with E-state index in [4.69, 9.17) is 0 Å². The SMILES string of the molecule is CCN(C(=O)CN1CCNCC1C#N)c1ccccc1C. The molecule has 1 N–H and O–H groups in total. The van der Waals surface area contributed by atoms with Crippen molar-refractivity contribution < 1.29 is 4.79 Å². The number of nitrogens with zero attached hydrogens (tertiary/aromatic N) is 3. The second kappa shape index (κ2) is 7.21. The van der Waals surface area contributed by atoms with E-state index in [1.54, 1.807) is 4.90 Å². The maximum Gasteiger partial charge on any atom is 0.241 e. The second-order valence-corrected chi connectivity index (χ2v) is 5.24. The fourth-order valence-corrected chi connectivity index (χ4v) is 2.67. The molecule has 0 aliphatic carbocycles. The molecule has 5 heteroatoms. The Hall–Kier alpha value is -1.90. The van der Waals surface area contributed by atoms with Gasteiger partial charge in [0.2, 0.25) is 5.91 Å². The van der Waals surface area contributed by atoms with Gasteiger partial charge in [-0.1, -0.05) is 18.2 Å². The minimum absolute atomic E-state index is 0.0500. The average Bonchev–Trinajstić information content (AvgIpc) is 2.50. The first-order valence-corrected chi connectivity index (χ1v) is 7.37. The summed E-state index contributed by atoms with van der Waals surface area (Å²) >= 11 is 0. The molecule has 0 spiro atoms. The van der Waals surface area contributed by atoms with E-state index in [-0.39, 0.29) is 11.9 Å². The molecule has 0 radical (unpaired) electrons. The fourth-order valence-electron chi connectivity index (χ4n) is 2.67. The third-order valence-electron chi connectivity index (χ3n) is 3.87. The minimum Gasteiger partial charge on any atom is -0.313 e. The Bertz CT molecular complexity index is 537. The van der Waals surface area contributed by atoms with E-state index >= 15 is 0 Å². The van der Waals surface area contributed by atoms with Gasteiger partial charge in [-0.05, 0) is 25.5 Å². The number of rotatable bonds is 4. The molecule has 0 saturated carbocycles. The zero-order chi connectivity index (χ0) is 15.2. The third-order valence-corrected chi connectivity index (χ3v) is 3.87. The number of hydrogen-bond acceptors (Lipinski definition) is 4. The Morgan fingerprint density at radius 2 is 2.29 bits per heavy atom. The van der Waals surface area contributed by atoms with Gasteiger partial charge in [-0.15, -0.1) is 0 Å². The number of likely N-dealkylation sites (N-methyl/N-ethyl adjacent to an activating group) is 1. The van der Waals surface area contributed by atoms with Crippen LogP contribution in [0.2, 0.25) is 0 Å². The van der Waals surface area contributed by atoms with Crippen LogP contribution >= 0.6 is 0 Å². The van der Waals surface area contributed by atoms with Gasteiger partial charge >= 0.3 is 0 Å². The van der Waals surface area contributed by atoms with E-state index < -0.39 is 0 Å². The summed E-state index contributed by atoms with van der Waals surface area (Å²) in [7, 11) is 0. The van der Waals surface area contributed by atoms with Crippen LogP contribution in [0.15, 0.2) is 24.3 Å². The maximum atomic E-state index is 12.6. The predicted molar refractivity (Wildman–Crippen MR) is 83.0 cm³/mol. The maximum absolute atomic E-state index is 12.6. The van der Waals surface area contributed by atoms with Crippen LogP contribution < -0.4 is 10.2 Å². The molecule has 1 aromatic carbocycles. The number of benzene rings is 1. The Balaban J connectivity index is 2.10. The molecule has 1 saturated heterocycles. The van der Waals surface area contributed by atoms with Crippen molar-refractivity contribution in [2.75, 3.05) is 37.6 Å². The molecule has 0 aromatic heterocycles. The molecular formula is C16H22N4O. The number of para-hydroxylation sites is 1. The molecule has 21 heavy (non-hydrogen) atoms. The van der Waals surface area contributed by atoms with Crippen molar-refractivity contribution in [2.45, 2.75) is 19.9 Å². The third kappa shape index (κ3) is 3.60. The highest BCUT2D eigenvalue weighted by molar-refractivity contribution is 5.95. The standard InChI is InChI=1S/C16H22N4O/c1-3-20(15-7-5-4-6-13(15)2)16(21)12-19-9-8-18-11-14(19)10-17/h4-7,14,18H,3,8-9,11-12H2,1-2H3. The van der Waals surface area contributed by atoms with Crippen LogP contribution in [0.1, 0.15) is 12.5 Å². The highest BCUT2D eigenvalue weighted by Gasteiger charge is 2.26. The lowest BCUT2D eigenvalue weighted by Crippen LogP contribution is -2.54. The first kappa shape index (κ1) is 15.5. The van der Waals surface area contributed by atoms with Gasteiger partial charge in [0.15, 0.2) is 0 Å². The van der Waals surface area contributed by atoms with Crippen LogP contribution in [0.5, 0.6) is 0 Å². The lowest BCUT2D eigenvalue weighted by molar-refractivity contribution is -0.120. The number of amides is 1. The largest absolute Gasteiger partial charge is 0.313 e. The van der Waals surface area contributed by atoms with Crippen LogP contribution in [-0.4, -0.2) is 49.6 Å². The van der Waals surface area contributed by atoms with Gasteiger partial charge in [-0.3, -0.25) is 9.69 Å². The number of nitriles is 1. The molecule has 1 aliphatic heterocycles. The molecule has 0 bridgehead atoms. The summed E-state index contributed by atoms with van der Waals surface area (Å²) in [4.78, 5) is 16.4. The first-order chi connectivity index (χ1) is 10.2. The summed E-state index contributed by atoms with van der Waals surface area (Å²) in [5, 5.41) is 12.4. The van der Waals surface area contributed by atoms with Crippen molar-refractivity contribution in [3.05, 3.63) is 29.8 Å². The number of carbonyl (C=O) groups is 1. The summed E-state index contributed by atoms with van der Waals surface area (Å²) in [6.45, 7) is 7.09. The fraction of sp³-hybridized carbons (Fsp3) is 0.500. The van der Waals surface area contributed by atoms with Gasteiger partial charge in [0, 0.05) is 31.9 Å². The molecule has 1 fully saturated rings. The Kier molecular flexibility index (Phi) is 5.32. The number of aryl methyl sites for hydroxylation is 1. The van der Waals surface area contributed by atoms with E-state index in [2.05, 4.69) is 11.4 Å². The summed E-state index contributed by atoms with van der Waals surface area (Å²) in [6, 6.07) is 9.93. The van der Waals surface area contributed by atoms with E-state index in [9.17, 15) is 10.1 Å². The molecule has 1 atom stereocenters. The van der Waals surface area contributed by atoms with E-state index in [1.807, 2.05) is 43.0 Å². The zero-order valence-corrected chi connectivity index (χ0v) is 12.7. The van der Waals surface area contributed by atoms with Crippen LogP contribution in [-0.2, 0) is 4.79 Å². The summed E-state index contributed by atoms with van der Waals surface area (Å²) in [6.07, 6.45) is 0. The van der Waals surface area contributed by atoms with E-state index in [0.717, 1.165) is 24.3 Å². The van der Waals surface area contributed by atoms with Crippen LogP contribution in [0, 0.1) is 18.3 Å². The lowest BCUT2D eigenvalue weighted by Gasteiger charge is -2.33. The number of anilines is 1. The smallest absolute Gasteiger partial charge is 0.241 e. The lowest BCUT2D eigenvalue weighted by atomic mass is 10.1. The van der Waals surface area contributed by atoms with Crippen LogP contribution in [0.25, 0.3) is 0 Å². The zero-order valence-electron chi connectivity index (χ0n) is 12.7. The van der Waals surface area contributed by atoms with Gasteiger partial charge in [0.25, 0.3) is 0 Å². The van der Waals surface area contributed by atoms with Gasteiger partial charge < -0.3 is 10.2 Å². The molecule has 2 rings (SSSR count). The van der Waals surface area contributed by atoms with Crippen molar-refractivity contribution in [3.8, 4) is 6.07 Å². The minimum atomic E-state index is -0.224. The molecule has 1 aliphatic rings. The van der Waals surface area contributed by atoms with Crippen molar-refractivity contribution in [3.63, 3.8) is 0 Å². The van der Waals surface area contributed by atoms with Crippen molar-refractivity contribution in [2.24, 2.45) is 0 Å². The van der Waals surface area contributed by atoms with Crippen molar-refractivity contribution in [1.29, 1.82) is 5.26 Å². The monoisotopic (exact) mass is 286 g/mol. The average molecular weight is 286 g/mol. The van der Waals surface area contributed by atoms with Crippen molar-refractivity contribution >= 4 is 11.6 Å². The Morgan fingerprint density at radius 1 is 1.52 bits per heavy atom. The Morgan fingerprint density at radius 3 is 2.95 bits per heavy atom. The molecule has 1 heterocycles. The van der Waals surface area contributed by atoms with Crippen LogP contribution in [0.3, 0.4) is 0 Å². The predicted octanol–water partition coefficient (Wildman–Crippen LogP) is 1.15.